The van der Waals surface area contributed by atoms with Gasteiger partial charge < -0.3 is 5.11 Å². The average molecular weight is 219 g/mol. The Morgan fingerprint density at radius 2 is 2.14 bits per heavy atom. The van der Waals surface area contributed by atoms with Gasteiger partial charge in [0.1, 0.15) is 0 Å². The topological polar surface area (TPSA) is 40.5 Å². The van der Waals surface area contributed by atoms with Crippen molar-refractivity contribution in [1.29, 1.82) is 0 Å². The Bertz CT molecular complexity index is 197. The first-order valence-corrected chi connectivity index (χ1v) is 6.62. The van der Waals surface area contributed by atoms with Gasteiger partial charge in [0.05, 0.1) is 17.6 Å². The highest BCUT2D eigenvalue weighted by Gasteiger charge is 2.26. The van der Waals surface area contributed by atoms with Crippen LogP contribution in [0, 0.1) is 0 Å². The normalized spacial score (nSPS) is 27.6. The van der Waals surface area contributed by atoms with Crippen molar-refractivity contribution in [3.63, 3.8) is 0 Å². The molecule has 0 spiro atoms. The molecule has 0 aromatic carbocycles. The van der Waals surface area contributed by atoms with Gasteiger partial charge in [0.15, 0.2) is 0 Å². The van der Waals surface area contributed by atoms with Gasteiger partial charge >= 0.3 is 0 Å². The minimum Gasteiger partial charge on any atom is -0.395 e. The fourth-order valence-electron chi connectivity index (χ4n) is 1.84. The van der Waals surface area contributed by atoms with Crippen LogP contribution in [0.5, 0.6) is 0 Å². The quantitative estimate of drug-likeness (QED) is 0.777. The summed E-state index contributed by atoms with van der Waals surface area (Å²) in [6.45, 7) is 4.94. The van der Waals surface area contributed by atoms with Crippen molar-refractivity contribution < 1.29 is 9.32 Å². The number of aliphatic hydroxyl groups excluding tert-OH is 1. The molecule has 0 saturated carbocycles. The summed E-state index contributed by atoms with van der Waals surface area (Å²) in [7, 11) is -0.926. The van der Waals surface area contributed by atoms with E-state index >= 15 is 0 Å². The zero-order valence-corrected chi connectivity index (χ0v) is 9.92. The third-order valence-electron chi connectivity index (χ3n) is 2.67. The Labute approximate surface area is 89.1 Å². The monoisotopic (exact) mass is 219 g/mol. The molecule has 84 valence electrons. The van der Waals surface area contributed by atoms with Crippen molar-refractivity contribution in [2.24, 2.45) is 0 Å². The minimum absolute atomic E-state index is 0.112. The van der Waals surface area contributed by atoms with Crippen LogP contribution in [0.3, 0.4) is 0 Å². The fraction of sp³-hybridized carbons (Fsp3) is 1.00. The van der Waals surface area contributed by atoms with Crippen LogP contribution in [0.1, 0.15) is 39.5 Å². The molecule has 1 rings (SSSR count). The van der Waals surface area contributed by atoms with Gasteiger partial charge in [0.25, 0.3) is 0 Å². The van der Waals surface area contributed by atoms with Gasteiger partial charge in [-0.2, -0.15) is 0 Å². The molecule has 0 amide bonds. The van der Waals surface area contributed by atoms with E-state index in [1.807, 2.05) is 18.2 Å². The number of rotatable bonds is 3. The molecular weight excluding hydrogens is 198 g/mol. The molecule has 0 radical (unpaired) electrons. The summed E-state index contributed by atoms with van der Waals surface area (Å²) in [6, 6.07) is 0.112. The Hall–Kier alpha value is 0.0700. The first-order valence-electron chi connectivity index (χ1n) is 5.45. The molecule has 1 aliphatic rings. The third kappa shape index (κ3) is 3.04. The van der Waals surface area contributed by atoms with Crippen LogP contribution in [0.25, 0.3) is 0 Å². The number of hydrogen-bond donors (Lipinski definition) is 1. The van der Waals surface area contributed by atoms with Crippen molar-refractivity contribution in [2.45, 2.75) is 50.8 Å². The summed E-state index contributed by atoms with van der Waals surface area (Å²) < 4.78 is 13.9. The number of nitrogens with zero attached hydrogens (tertiary/aromatic N) is 1. The molecule has 0 aromatic heterocycles. The Morgan fingerprint density at radius 1 is 1.43 bits per heavy atom. The largest absolute Gasteiger partial charge is 0.395 e. The molecule has 0 aliphatic carbocycles. The van der Waals surface area contributed by atoms with Gasteiger partial charge in [0.2, 0.25) is 0 Å². The van der Waals surface area contributed by atoms with Crippen LogP contribution in [-0.2, 0) is 11.0 Å². The fourth-order valence-corrected chi connectivity index (χ4v) is 3.16. The highest BCUT2D eigenvalue weighted by Crippen LogP contribution is 2.19. The van der Waals surface area contributed by atoms with Gasteiger partial charge in [-0.05, 0) is 26.7 Å². The zero-order valence-electron chi connectivity index (χ0n) is 9.11. The van der Waals surface area contributed by atoms with Gasteiger partial charge in [-0.15, -0.1) is 0 Å². The van der Waals surface area contributed by atoms with Gasteiger partial charge in [-0.25, -0.2) is 8.51 Å². The smallest absolute Gasteiger partial charge is 0.0972 e. The lowest BCUT2D eigenvalue weighted by Gasteiger charge is -2.28. The maximum Gasteiger partial charge on any atom is 0.0972 e. The van der Waals surface area contributed by atoms with Gasteiger partial charge in [-0.3, -0.25) is 0 Å². The molecule has 2 unspecified atom stereocenters. The molecule has 1 saturated heterocycles. The van der Waals surface area contributed by atoms with E-state index in [1.54, 1.807) is 0 Å². The Balaban J connectivity index is 2.65. The van der Waals surface area contributed by atoms with E-state index in [0.717, 1.165) is 25.8 Å². The van der Waals surface area contributed by atoms with Crippen molar-refractivity contribution >= 4 is 11.0 Å². The Kier molecular flexibility index (Phi) is 5.06. The van der Waals surface area contributed by atoms with Gasteiger partial charge in [-0.1, -0.05) is 12.8 Å². The molecule has 1 aliphatic heterocycles. The summed E-state index contributed by atoms with van der Waals surface area (Å²) in [4.78, 5) is 0. The highest BCUT2D eigenvalue weighted by atomic mass is 32.2. The van der Waals surface area contributed by atoms with E-state index in [1.165, 1.54) is 6.42 Å². The molecular formula is C10H21NO2S. The van der Waals surface area contributed by atoms with E-state index in [4.69, 9.17) is 0 Å². The van der Waals surface area contributed by atoms with Crippen molar-refractivity contribution in [2.75, 3.05) is 13.2 Å². The predicted molar refractivity (Wildman–Crippen MR) is 59.3 cm³/mol. The number of hydrogen-bond acceptors (Lipinski definition) is 2. The molecule has 2 atom stereocenters. The van der Waals surface area contributed by atoms with Gasteiger partial charge in [0, 0.05) is 17.8 Å². The maximum absolute atomic E-state index is 11.9. The van der Waals surface area contributed by atoms with Crippen LogP contribution in [0.4, 0.5) is 0 Å². The predicted octanol–water partition coefficient (Wildman–Crippen LogP) is 1.30. The van der Waals surface area contributed by atoms with E-state index in [-0.39, 0.29) is 17.9 Å². The molecule has 14 heavy (non-hydrogen) atoms. The Morgan fingerprint density at radius 3 is 2.71 bits per heavy atom. The van der Waals surface area contributed by atoms with Crippen LogP contribution in [0.15, 0.2) is 0 Å². The van der Waals surface area contributed by atoms with E-state index in [9.17, 15) is 9.32 Å². The molecule has 0 aromatic rings. The zero-order chi connectivity index (χ0) is 10.6. The van der Waals surface area contributed by atoms with E-state index in [0.29, 0.717) is 0 Å². The molecule has 0 bridgehead atoms. The van der Waals surface area contributed by atoms with E-state index in [2.05, 4.69) is 0 Å². The van der Waals surface area contributed by atoms with Crippen molar-refractivity contribution in [3.8, 4) is 0 Å². The summed E-state index contributed by atoms with van der Waals surface area (Å²) in [5.74, 6) is 0. The summed E-state index contributed by atoms with van der Waals surface area (Å²) in [6.07, 6.45) is 4.43. The second-order valence-electron chi connectivity index (χ2n) is 4.15. The van der Waals surface area contributed by atoms with Crippen LogP contribution in [-0.4, -0.2) is 38.1 Å². The maximum atomic E-state index is 11.9. The van der Waals surface area contributed by atoms with Crippen molar-refractivity contribution in [3.05, 3.63) is 0 Å². The lowest BCUT2D eigenvalue weighted by atomic mass is 10.1. The average Bonchev–Trinajstić information content (AvgIpc) is 2.40. The van der Waals surface area contributed by atoms with Crippen molar-refractivity contribution in [1.82, 2.24) is 4.31 Å². The standard InChI is InChI=1S/C10H21NO2S/c1-9(2)14(13)11-7-5-3-4-6-10(11)8-12/h9-10,12H,3-8H2,1-2H3. The van der Waals surface area contributed by atoms with Crippen LogP contribution >= 0.6 is 0 Å². The second-order valence-corrected chi connectivity index (χ2v) is 6.12. The first kappa shape index (κ1) is 12.1. The first-order chi connectivity index (χ1) is 6.66. The second kappa shape index (κ2) is 5.83. The summed E-state index contributed by atoms with van der Waals surface area (Å²) in [5.41, 5.74) is 0. The SMILES string of the molecule is CC(C)S(=O)N1CCCCCC1CO. The van der Waals surface area contributed by atoms with E-state index < -0.39 is 11.0 Å². The lowest BCUT2D eigenvalue weighted by molar-refractivity contribution is 0.190. The molecule has 1 heterocycles. The molecule has 1 N–H and O–H groups in total. The summed E-state index contributed by atoms with van der Waals surface area (Å²) >= 11 is 0. The van der Waals surface area contributed by atoms with Crippen LogP contribution < -0.4 is 0 Å². The molecule has 4 heteroatoms. The minimum atomic E-state index is -0.926. The third-order valence-corrected chi connectivity index (χ3v) is 4.42. The molecule has 1 fully saturated rings. The van der Waals surface area contributed by atoms with Crippen LogP contribution in [0.2, 0.25) is 0 Å². The molecule has 3 nitrogen and oxygen atoms in total. The highest BCUT2D eigenvalue weighted by molar-refractivity contribution is 7.83. The lowest BCUT2D eigenvalue weighted by Crippen LogP contribution is -2.41. The number of aliphatic hydroxyl groups is 1. The summed E-state index contributed by atoms with van der Waals surface area (Å²) in [5, 5.41) is 9.40.